The van der Waals surface area contributed by atoms with Gasteiger partial charge >= 0.3 is 5.97 Å². The van der Waals surface area contributed by atoms with Crippen LogP contribution in [0.5, 0.6) is 0 Å². The summed E-state index contributed by atoms with van der Waals surface area (Å²) in [5, 5.41) is -0.657. The molecule has 8 heteroatoms. The van der Waals surface area contributed by atoms with Gasteiger partial charge in [0.2, 0.25) is 5.03 Å². The maximum Gasteiger partial charge on any atom is 0.324 e. The first-order valence-corrected chi connectivity index (χ1v) is 7.62. The molecule has 1 aromatic heterocycles. The van der Waals surface area contributed by atoms with Crippen LogP contribution in [0.2, 0.25) is 0 Å². The van der Waals surface area contributed by atoms with Crippen LogP contribution in [0.25, 0.3) is 0 Å². The van der Waals surface area contributed by atoms with Crippen LogP contribution in [0.15, 0.2) is 23.4 Å². The molecule has 110 valence electrons. The van der Waals surface area contributed by atoms with Gasteiger partial charge in [-0.1, -0.05) is 0 Å². The van der Waals surface area contributed by atoms with E-state index in [-0.39, 0.29) is 6.54 Å². The van der Waals surface area contributed by atoms with E-state index < -0.39 is 32.9 Å². The highest BCUT2D eigenvalue weighted by Gasteiger charge is 2.40. The number of carbonyl (C=O) groups is 1. The fraction of sp³-hybridized carbons (Fsp3) is 0.500. The molecule has 0 spiro atoms. The molecule has 0 saturated carbocycles. The predicted molar refractivity (Wildman–Crippen MR) is 67.7 cm³/mol. The molecule has 0 N–H and O–H groups in total. The lowest BCUT2D eigenvalue weighted by Crippen LogP contribution is -2.48. The summed E-state index contributed by atoms with van der Waals surface area (Å²) < 4.78 is 44.2. The van der Waals surface area contributed by atoms with E-state index in [1.807, 2.05) is 0 Å². The van der Waals surface area contributed by atoms with E-state index in [1.165, 1.54) is 19.4 Å². The topological polar surface area (TPSA) is 76.6 Å². The van der Waals surface area contributed by atoms with Crippen LogP contribution in [-0.2, 0) is 19.6 Å². The highest BCUT2D eigenvalue weighted by molar-refractivity contribution is 7.89. The van der Waals surface area contributed by atoms with Crippen molar-refractivity contribution in [3.8, 4) is 0 Å². The van der Waals surface area contributed by atoms with Crippen LogP contribution in [0.3, 0.4) is 0 Å². The van der Waals surface area contributed by atoms with Crippen molar-refractivity contribution in [1.29, 1.82) is 0 Å². The third kappa shape index (κ3) is 2.66. The molecule has 0 bridgehead atoms. The molecule has 2 heterocycles. The molecule has 1 unspecified atom stereocenters. The van der Waals surface area contributed by atoms with Crippen LogP contribution in [0.4, 0.5) is 4.39 Å². The predicted octanol–water partition coefficient (Wildman–Crippen LogP) is 0.937. The molecule has 20 heavy (non-hydrogen) atoms. The number of esters is 1. The summed E-state index contributed by atoms with van der Waals surface area (Å²) in [7, 11) is -2.95. The van der Waals surface area contributed by atoms with Crippen molar-refractivity contribution in [1.82, 2.24) is 9.29 Å². The lowest BCUT2D eigenvalue weighted by molar-refractivity contribution is -0.146. The van der Waals surface area contributed by atoms with E-state index in [9.17, 15) is 17.6 Å². The third-order valence-corrected chi connectivity index (χ3v) is 5.05. The van der Waals surface area contributed by atoms with Crippen LogP contribution >= 0.6 is 0 Å². The Labute approximate surface area is 116 Å². The van der Waals surface area contributed by atoms with Crippen LogP contribution in [-0.4, -0.2) is 43.4 Å². The summed E-state index contributed by atoms with van der Waals surface area (Å²) in [6.07, 6.45) is 2.89. The molecule has 2 rings (SSSR count). The van der Waals surface area contributed by atoms with Gasteiger partial charge in [-0.15, -0.1) is 0 Å². The number of pyridine rings is 1. The number of sulfonamides is 1. The number of carbonyl (C=O) groups excluding carboxylic acids is 1. The second-order valence-corrected chi connectivity index (χ2v) is 6.25. The molecular formula is C12H15FN2O4S. The number of methoxy groups -OCH3 is 1. The van der Waals surface area contributed by atoms with E-state index in [1.54, 1.807) is 0 Å². The molecule has 1 atom stereocenters. The zero-order valence-electron chi connectivity index (χ0n) is 11.0. The van der Waals surface area contributed by atoms with Gasteiger partial charge in [-0.3, -0.25) is 4.79 Å². The van der Waals surface area contributed by atoms with Crippen LogP contribution < -0.4 is 0 Å². The molecule has 1 aliphatic heterocycles. The van der Waals surface area contributed by atoms with Crippen LogP contribution in [0.1, 0.15) is 19.3 Å². The quantitative estimate of drug-likeness (QED) is 0.777. The fourth-order valence-electron chi connectivity index (χ4n) is 2.24. The van der Waals surface area contributed by atoms with Gasteiger partial charge < -0.3 is 4.74 Å². The zero-order valence-corrected chi connectivity index (χ0v) is 11.8. The smallest absolute Gasteiger partial charge is 0.324 e. The van der Waals surface area contributed by atoms with Gasteiger partial charge in [0, 0.05) is 12.7 Å². The molecule has 6 nitrogen and oxygen atoms in total. The Balaban J connectivity index is 2.41. The highest BCUT2D eigenvalue weighted by Crippen LogP contribution is 2.26. The Morgan fingerprint density at radius 3 is 2.90 bits per heavy atom. The summed E-state index contributed by atoms with van der Waals surface area (Å²) in [4.78, 5) is 15.3. The number of hydrogen-bond donors (Lipinski definition) is 0. The lowest BCUT2D eigenvalue weighted by Gasteiger charge is -2.32. The van der Waals surface area contributed by atoms with Crippen molar-refractivity contribution in [3.63, 3.8) is 0 Å². The number of halogens is 1. The number of hydrogen-bond acceptors (Lipinski definition) is 5. The van der Waals surface area contributed by atoms with Gasteiger partial charge in [0.15, 0.2) is 5.82 Å². The minimum Gasteiger partial charge on any atom is -0.468 e. The van der Waals surface area contributed by atoms with E-state index in [4.69, 9.17) is 0 Å². The van der Waals surface area contributed by atoms with Crippen molar-refractivity contribution in [2.75, 3.05) is 13.7 Å². The summed E-state index contributed by atoms with van der Waals surface area (Å²) in [5.41, 5.74) is 0. The number of nitrogens with zero attached hydrogens (tertiary/aromatic N) is 2. The Morgan fingerprint density at radius 1 is 1.50 bits per heavy atom. The average Bonchev–Trinajstić information content (AvgIpc) is 2.46. The second kappa shape index (κ2) is 5.84. The fourth-order valence-corrected chi connectivity index (χ4v) is 3.86. The molecule has 0 aromatic carbocycles. The first-order chi connectivity index (χ1) is 9.48. The summed E-state index contributed by atoms with van der Waals surface area (Å²) in [6.45, 7) is 0.151. The number of rotatable bonds is 3. The van der Waals surface area contributed by atoms with Gasteiger partial charge in [0.05, 0.1) is 7.11 Å². The molecule has 1 fully saturated rings. The molecule has 1 aliphatic rings. The largest absolute Gasteiger partial charge is 0.468 e. The first-order valence-electron chi connectivity index (χ1n) is 6.18. The van der Waals surface area contributed by atoms with Gasteiger partial charge in [-0.25, -0.2) is 17.8 Å². The average molecular weight is 302 g/mol. The van der Waals surface area contributed by atoms with E-state index in [0.29, 0.717) is 12.8 Å². The van der Waals surface area contributed by atoms with Crippen molar-refractivity contribution in [2.24, 2.45) is 0 Å². The van der Waals surface area contributed by atoms with Crippen molar-refractivity contribution < 1.29 is 22.3 Å². The van der Waals surface area contributed by atoms with Gasteiger partial charge in [0.1, 0.15) is 6.04 Å². The number of aromatic nitrogens is 1. The summed E-state index contributed by atoms with van der Waals surface area (Å²) >= 11 is 0. The molecule has 0 radical (unpaired) electrons. The maximum absolute atomic E-state index is 13.7. The molecule has 0 amide bonds. The zero-order chi connectivity index (χ0) is 14.8. The van der Waals surface area contributed by atoms with Crippen molar-refractivity contribution >= 4 is 16.0 Å². The Kier molecular flexibility index (Phi) is 4.34. The van der Waals surface area contributed by atoms with Gasteiger partial charge in [-0.2, -0.15) is 4.31 Å². The lowest BCUT2D eigenvalue weighted by atomic mass is 10.1. The van der Waals surface area contributed by atoms with E-state index >= 15 is 0 Å². The summed E-state index contributed by atoms with van der Waals surface area (Å²) in [6, 6.07) is 1.42. The normalized spacial score (nSPS) is 20.6. The Hall–Kier alpha value is -1.54. The van der Waals surface area contributed by atoms with E-state index in [2.05, 4.69) is 9.72 Å². The van der Waals surface area contributed by atoms with Gasteiger partial charge in [-0.05, 0) is 31.4 Å². The summed E-state index contributed by atoms with van der Waals surface area (Å²) in [5.74, 6) is -1.56. The molecular weight excluding hydrogens is 287 g/mol. The molecule has 1 aromatic rings. The number of ether oxygens (including phenoxy) is 1. The highest BCUT2D eigenvalue weighted by atomic mass is 32.2. The first kappa shape index (κ1) is 14.9. The van der Waals surface area contributed by atoms with Crippen molar-refractivity contribution in [2.45, 2.75) is 30.3 Å². The third-order valence-electron chi connectivity index (χ3n) is 3.20. The van der Waals surface area contributed by atoms with Gasteiger partial charge in [0.25, 0.3) is 10.0 Å². The SMILES string of the molecule is COC(=O)C1CCCCN1S(=O)(=O)c1ncccc1F. The molecule has 0 aliphatic carbocycles. The van der Waals surface area contributed by atoms with Crippen molar-refractivity contribution in [3.05, 3.63) is 24.1 Å². The second-order valence-electron chi connectivity index (χ2n) is 4.44. The maximum atomic E-state index is 13.7. The minimum atomic E-state index is -4.15. The Bertz CT molecular complexity index is 605. The number of piperidine rings is 1. The van der Waals surface area contributed by atoms with E-state index in [0.717, 1.165) is 16.8 Å². The molecule has 1 saturated heterocycles. The van der Waals surface area contributed by atoms with Crippen LogP contribution in [0, 0.1) is 5.82 Å². The standard InChI is InChI=1S/C12H15FN2O4S/c1-19-12(16)10-6-2-3-8-15(10)20(17,18)11-9(13)5-4-7-14-11/h4-5,7,10H,2-3,6,8H2,1H3. The minimum absolute atomic E-state index is 0.151. The monoisotopic (exact) mass is 302 g/mol. The Morgan fingerprint density at radius 2 is 2.25 bits per heavy atom.